The van der Waals surface area contributed by atoms with Crippen molar-refractivity contribution in [2.24, 2.45) is 0 Å². The third-order valence-corrected chi connectivity index (χ3v) is 3.69. The lowest BCUT2D eigenvalue weighted by Gasteiger charge is -2.20. The molecule has 2 aromatic rings. The molecule has 0 unspecified atom stereocenters. The fourth-order valence-electron chi connectivity index (χ4n) is 1.82. The zero-order valence-electron chi connectivity index (χ0n) is 10.8. The van der Waals surface area contributed by atoms with E-state index < -0.39 is 0 Å². The smallest absolute Gasteiger partial charge is 0.0428 e. The zero-order chi connectivity index (χ0) is 13.0. The number of nitrogens with zero attached hydrogens (tertiary/aromatic N) is 1. The molecule has 2 rings (SSSR count). The third kappa shape index (κ3) is 2.99. The SMILES string of the molecule is CCSc1ccc(N(C)c2cccc(N)c2)cc1. The summed E-state index contributed by atoms with van der Waals surface area (Å²) < 4.78 is 0. The molecule has 0 atom stereocenters. The van der Waals surface area contributed by atoms with Gasteiger partial charge in [0.05, 0.1) is 0 Å². The van der Waals surface area contributed by atoms with Crippen molar-refractivity contribution >= 4 is 28.8 Å². The maximum Gasteiger partial charge on any atom is 0.0428 e. The van der Waals surface area contributed by atoms with Gasteiger partial charge in [-0.2, -0.15) is 0 Å². The average molecular weight is 258 g/mol. The first kappa shape index (κ1) is 12.8. The van der Waals surface area contributed by atoms with Crippen LogP contribution in [0.25, 0.3) is 0 Å². The molecule has 0 saturated carbocycles. The number of hydrogen-bond acceptors (Lipinski definition) is 3. The molecule has 0 aliphatic rings. The lowest BCUT2D eigenvalue weighted by molar-refractivity contribution is 1.20. The summed E-state index contributed by atoms with van der Waals surface area (Å²) in [6, 6.07) is 16.5. The molecule has 2 aromatic carbocycles. The van der Waals surface area contributed by atoms with E-state index in [1.807, 2.05) is 30.0 Å². The minimum atomic E-state index is 0.789. The molecule has 0 radical (unpaired) electrons. The highest BCUT2D eigenvalue weighted by molar-refractivity contribution is 7.99. The predicted octanol–water partition coefficient (Wildman–Crippen LogP) is 4.15. The van der Waals surface area contributed by atoms with Crippen molar-refractivity contribution in [1.29, 1.82) is 0 Å². The average Bonchev–Trinajstić information content (AvgIpc) is 2.39. The van der Waals surface area contributed by atoms with E-state index in [0.29, 0.717) is 0 Å². The normalized spacial score (nSPS) is 10.3. The van der Waals surface area contributed by atoms with Crippen molar-refractivity contribution in [3.8, 4) is 0 Å². The molecule has 3 heteroatoms. The predicted molar refractivity (Wildman–Crippen MR) is 81.8 cm³/mol. The summed E-state index contributed by atoms with van der Waals surface area (Å²) in [5.74, 6) is 1.10. The Morgan fingerprint density at radius 2 is 1.78 bits per heavy atom. The number of thioether (sulfide) groups is 1. The summed E-state index contributed by atoms with van der Waals surface area (Å²) in [7, 11) is 2.05. The molecular formula is C15H18N2S. The van der Waals surface area contributed by atoms with Gasteiger partial charge in [0.15, 0.2) is 0 Å². The van der Waals surface area contributed by atoms with Gasteiger partial charge < -0.3 is 10.6 Å². The van der Waals surface area contributed by atoms with Gasteiger partial charge in [0.1, 0.15) is 0 Å². The summed E-state index contributed by atoms with van der Waals surface area (Å²) in [5.41, 5.74) is 8.87. The second-order valence-electron chi connectivity index (χ2n) is 4.08. The van der Waals surface area contributed by atoms with Crippen LogP contribution in [0.15, 0.2) is 53.4 Å². The number of benzene rings is 2. The minimum Gasteiger partial charge on any atom is -0.399 e. The Hall–Kier alpha value is -1.61. The molecule has 0 fully saturated rings. The first-order chi connectivity index (χ1) is 8.70. The van der Waals surface area contributed by atoms with Crippen LogP contribution in [0, 0.1) is 0 Å². The van der Waals surface area contributed by atoms with Crippen molar-refractivity contribution in [2.45, 2.75) is 11.8 Å². The van der Waals surface area contributed by atoms with E-state index in [9.17, 15) is 0 Å². The molecular weight excluding hydrogens is 240 g/mol. The molecule has 0 amide bonds. The first-order valence-corrected chi connectivity index (χ1v) is 7.01. The first-order valence-electron chi connectivity index (χ1n) is 6.03. The van der Waals surface area contributed by atoms with Gasteiger partial charge in [-0.3, -0.25) is 0 Å². The van der Waals surface area contributed by atoms with Gasteiger partial charge in [-0.25, -0.2) is 0 Å². The molecule has 2 nitrogen and oxygen atoms in total. The Labute approximate surface area is 113 Å². The van der Waals surface area contributed by atoms with Gasteiger partial charge in [-0.05, 0) is 48.2 Å². The van der Waals surface area contributed by atoms with Crippen LogP contribution in [0.4, 0.5) is 17.1 Å². The van der Waals surface area contributed by atoms with Crippen LogP contribution in [-0.2, 0) is 0 Å². The standard InChI is InChI=1S/C15H18N2S/c1-3-18-15-9-7-13(8-10-15)17(2)14-6-4-5-12(16)11-14/h4-11H,3,16H2,1-2H3. The molecule has 0 spiro atoms. The van der Waals surface area contributed by atoms with Crippen LogP contribution in [0.5, 0.6) is 0 Å². The van der Waals surface area contributed by atoms with Crippen molar-refractivity contribution < 1.29 is 0 Å². The van der Waals surface area contributed by atoms with E-state index in [-0.39, 0.29) is 0 Å². The summed E-state index contributed by atoms with van der Waals surface area (Å²) >= 11 is 1.86. The monoisotopic (exact) mass is 258 g/mol. The fourth-order valence-corrected chi connectivity index (χ4v) is 2.48. The van der Waals surface area contributed by atoms with E-state index >= 15 is 0 Å². The summed E-state index contributed by atoms with van der Waals surface area (Å²) in [6.45, 7) is 2.16. The van der Waals surface area contributed by atoms with Gasteiger partial charge in [-0.15, -0.1) is 11.8 Å². The molecule has 0 aliphatic heterocycles. The highest BCUT2D eigenvalue weighted by Crippen LogP contribution is 2.27. The number of hydrogen-bond donors (Lipinski definition) is 1. The fraction of sp³-hybridized carbons (Fsp3) is 0.200. The van der Waals surface area contributed by atoms with Gasteiger partial charge in [0.2, 0.25) is 0 Å². The van der Waals surface area contributed by atoms with Crippen LogP contribution >= 0.6 is 11.8 Å². The molecule has 2 N–H and O–H groups in total. The van der Waals surface area contributed by atoms with E-state index in [0.717, 1.165) is 17.1 Å². The lowest BCUT2D eigenvalue weighted by Crippen LogP contribution is -2.09. The van der Waals surface area contributed by atoms with Gasteiger partial charge in [0.25, 0.3) is 0 Å². The zero-order valence-corrected chi connectivity index (χ0v) is 11.6. The van der Waals surface area contributed by atoms with E-state index in [1.165, 1.54) is 10.6 Å². The quantitative estimate of drug-likeness (QED) is 0.660. The lowest BCUT2D eigenvalue weighted by atomic mass is 10.2. The van der Waals surface area contributed by atoms with Crippen molar-refractivity contribution in [3.63, 3.8) is 0 Å². The maximum atomic E-state index is 5.81. The number of rotatable bonds is 4. The molecule has 18 heavy (non-hydrogen) atoms. The second kappa shape index (κ2) is 5.83. The number of anilines is 3. The second-order valence-corrected chi connectivity index (χ2v) is 5.42. The van der Waals surface area contributed by atoms with Gasteiger partial charge in [0, 0.05) is 29.0 Å². The van der Waals surface area contributed by atoms with E-state index in [4.69, 9.17) is 5.73 Å². The van der Waals surface area contributed by atoms with Crippen molar-refractivity contribution in [2.75, 3.05) is 23.4 Å². The summed E-state index contributed by atoms with van der Waals surface area (Å²) in [4.78, 5) is 3.44. The van der Waals surface area contributed by atoms with Crippen molar-refractivity contribution in [3.05, 3.63) is 48.5 Å². The van der Waals surface area contributed by atoms with Gasteiger partial charge in [-0.1, -0.05) is 13.0 Å². The Morgan fingerprint density at radius 1 is 1.06 bits per heavy atom. The van der Waals surface area contributed by atoms with E-state index in [2.05, 4.69) is 49.2 Å². The number of nitrogen functional groups attached to an aromatic ring is 1. The third-order valence-electron chi connectivity index (χ3n) is 2.79. The Balaban J connectivity index is 2.20. The topological polar surface area (TPSA) is 29.3 Å². The molecule has 0 aliphatic carbocycles. The molecule has 0 saturated heterocycles. The minimum absolute atomic E-state index is 0.789. The summed E-state index contributed by atoms with van der Waals surface area (Å²) in [5, 5.41) is 0. The van der Waals surface area contributed by atoms with Crippen LogP contribution in [0.3, 0.4) is 0 Å². The van der Waals surface area contributed by atoms with Crippen LogP contribution in [0.1, 0.15) is 6.92 Å². The Morgan fingerprint density at radius 3 is 2.39 bits per heavy atom. The Kier molecular flexibility index (Phi) is 4.15. The van der Waals surface area contributed by atoms with E-state index in [1.54, 1.807) is 0 Å². The molecule has 94 valence electrons. The number of nitrogens with two attached hydrogens (primary N) is 1. The van der Waals surface area contributed by atoms with Crippen LogP contribution in [-0.4, -0.2) is 12.8 Å². The molecule has 0 bridgehead atoms. The maximum absolute atomic E-state index is 5.81. The molecule has 0 heterocycles. The highest BCUT2D eigenvalue weighted by Gasteiger charge is 2.04. The molecule has 0 aromatic heterocycles. The van der Waals surface area contributed by atoms with Crippen LogP contribution < -0.4 is 10.6 Å². The Bertz CT molecular complexity index is 508. The van der Waals surface area contributed by atoms with Crippen LogP contribution in [0.2, 0.25) is 0 Å². The van der Waals surface area contributed by atoms with Gasteiger partial charge >= 0.3 is 0 Å². The highest BCUT2D eigenvalue weighted by atomic mass is 32.2. The summed E-state index contributed by atoms with van der Waals surface area (Å²) in [6.07, 6.45) is 0. The van der Waals surface area contributed by atoms with Crippen molar-refractivity contribution in [1.82, 2.24) is 0 Å². The largest absolute Gasteiger partial charge is 0.399 e.